The number of carbonyl (C=O) groups excluding carboxylic acids is 1. The van der Waals surface area contributed by atoms with E-state index < -0.39 is 0 Å². The van der Waals surface area contributed by atoms with E-state index in [0.29, 0.717) is 12.2 Å². The molecule has 2 aliphatic heterocycles. The van der Waals surface area contributed by atoms with E-state index in [1.807, 2.05) is 11.0 Å². The van der Waals surface area contributed by atoms with E-state index in [1.54, 1.807) is 0 Å². The van der Waals surface area contributed by atoms with Crippen LogP contribution in [-0.2, 0) is 13.0 Å². The predicted octanol–water partition coefficient (Wildman–Crippen LogP) is 5.51. The molecule has 0 aliphatic carbocycles. The van der Waals surface area contributed by atoms with E-state index in [-0.39, 0.29) is 5.91 Å². The van der Waals surface area contributed by atoms with Crippen LogP contribution in [0, 0.1) is 6.92 Å². The van der Waals surface area contributed by atoms with Crippen LogP contribution in [0.25, 0.3) is 17.0 Å². The largest absolute Gasteiger partial charge is 0.333 e. The molecule has 0 bridgehead atoms. The van der Waals surface area contributed by atoms with Crippen LogP contribution in [0.2, 0.25) is 0 Å². The van der Waals surface area contributed by atoms with Crippen LogP contribution in [0.3, 0.4) is 0 Å². The SMILES string of the molecule is Cc1ccc(-c2nc(C(=O)N3CC=C(c4ccccc4)CC3)c3n2CCCCC3)cc1. The molecular weight excluding hydrogens is 382 g/mol. The zero-order valence-electron chi connectivity index (χ0n) is 18.2. The summed E-state index contributed by atoms with van der Waals surface area (Å²) in [6.45, 7) is 4.43. The lowest BCUT2D eigenvalue weighted by Crippen LogP contribution is -2.35. The van der Waals surface area contributed by atoms with Gasteiger partial charge in [-0.25, -0.2) is 4.98 Å². The number of amides is 1. The molecule has 158 valence electrons. The lowest BCUT2D eigenvalue weighted by Gasteiger charge is -2.26. The molecule has 0 N–H and O–H groups in total. The summed E-state index contributed by atoms with van der Waals surface area (Å²) in [5, 5.41) is 0. The van der Waals surface area contributed by atoms with Gasteiger partial charge in [0.05, 0.1) is 5.69 Å². The summed E-state index contributed by atoms with van der Waals surface area (Å²) >= 11 is 0. The smallest absolute Gasteiger partial charge is 0.274 e. The molecule has 3 aromatic rings. The van der Waals surface area contributed by atoms with Crippen molar-refractivity contribution in [1.82, 2.24) is 14.5 Å². The van der Waals surface area contributed by atoms with Crippen LogP contribution in [0.5, 0.6) is 0 Å². The van der Waals surface area contributed by atoms with Crippen molar-refractivity contribution in [3.8, 4) is 11.4 Å². The Bertz CT molecular complexity index is 1110. The van der Waals surface area contributed by atoms with Crippen molar-refractivity contribution in [2.45, 2.75) is 45.6 Å². The van der Waals surface area contributed by atoms with Crippen molar-refractivity contribution >= 4 is 11.5 Å². The first-order valence-electron chi connectivity index (χ1n) is 11.4. The number of nitrogens with zero attached hydrogens (tertiary/aromatic N) is 3. The Morgan fingerprint density at radius 2 is 1.68 bits per heavy atom. The summed E-state index contributed by atoms with van der Waals surface area (Å²) in [6.07, 6.45) is 7.48. The minimum absolute atomic E-state index is 0.0763. The highest BCUT2D eigenvalue weighted by Gasteiger charge is 2.28. The van der Waals surface area contributed by atoms with E-state index in [0.717, 1.165) is 55.9 Å². The quantitative estimate of drug-likeness (QED) is 0.570. The first kappa shape index (κ1) is 19.8. The van der Waals surface area contributed by atoms with Crippen LogP contribution >= 0.6 is 0 Å². The van der Waals surface area contributed by atoms with Gasteiger partial charge in [-0.3, -0.25) is 4.79 Å². The molecule has 0 atom stereocenters. The molecule has 3 heterocycles. The molecule has 0 saturated carbocycles. The van der Waals surface area contributed by atoms with Gasteiger partial charge in [0, 0.05) is 25.2 Å². The predicted molar refractivity (Wildman–Crippen MR) is 125 cm³/mol. The van der Waals surface area contributed by atoms with Crippen molar-refractivity contribution in [2.75, 3.05) is 13.1 Å². The minimum atomic E-state index is 0.0763. The molecule has 0 spiro atoms. The van der Waals surface area contributed by atoms with Crippen molar-refractivity contribution < 1.29 is 4.79 Å². The van der Waals surface area contributed by atoms with Crippen LogP contribution in [0.4, 0.5) is 0 Å². The zero-order valence-corrected chi connectivity index (χ0v) is 18.2. The number of aromatic nitrogens is 2. The molecule has 4 nitrogen and oxygen atoms in total. The number of carbonyl (C=O) groups is 1. The van der Waals surface area contributed by atoms with Gasteiger partial charge in [0.1, 0.15) is 11.5 Å². The third-order valence-corrected chi connectivity index (χ3v) is 6.52. The van der Waals surface area contributed by atoms with Crippen LogP contribution in [0.1, 0.15) is 53.0 Å². The molecule has 1 amide bonds. The molecule has 2 aliphatic rings. The van der Waals surface area contributed by atoms with E-state index in [2.05, 4.69) is 66.1 Å². The lowest BCUT2D eigenvalue weighted by atomic mass is 9.99. The Morgan fingerprint density at radius 1 is 0.871 bits per heavy atom. The fourth-order valence-corrected chi connectivity index (χ4v) is 4.73. The van der Waals surface area contributed by atoms with E-state index in [1.165, 1.54) is 23.1 Å². The molecule has 0 unspecified atom stereocenters. The third kappa shape index (κ3) is 3.95. The molecule has 2 aromatic carbocycles. The third-order valence-electron chi connectivity index (χ3n) is 6.52. The highest BCUT2D eigenvalue weighted by Crippen LogP contribution is 2.29. The Labute approximate surface area is 184 Å². The number of rotatable bonds is 3. The summed E-state index contributed by atoms with van der Waals surface area (Å²) < 4.78 is 2.31. The molecule has 1 aromatic heterocycles. The maximum Gasteiger partial charge on any atom is 0.274 e. The van der Waals surface area contributed by atoms with Crippen molar-refractivity contribution in [3.05, 3.63) is 83.2 Å². The first-order chi connectivity index (χ1) is 15.2. The average molecular weight is 412 g/mol. The fourth-order valence-electron chi connectivity index (χ4n) is 4.73. The van der Waals surface area contributed by atoms with E-state index >= 15 is 0 Å². The molecule has 0 saturated heterocycles. The second kappa shape index (κ2) is 8.54. The topological polar surface area (TPSA) is 38.1 Å². The molecule has 31 heavy (non-hydrogen) atoms. The standard InChI is InChI=1S/C27H29N3O/c1-20-11-13-23(14-12-20)26-28-25(24-10-6-3-7-17-30(24)26)27(31)29-18-15-22(16-19-29)21-8-4-2-5-9-21/h2,4-5,8-9,11-15H,3,6-7,10,16-19H2,1H3. The molecule has 0 radical (unpaired) electrons. The average Bonchev–Trinajstić information content (AvgIpc) is 3.00. The number of imidazole rings is 1. The van der Waals surface area contributed by atoms with Gasteiger partial charge in [0.15, 0.2) is 0 Å². The summed E-state index contributed by atoms with van der Waals surface area (Å²) in [5.74, 6) is 1.02. The lowest BCUT2D eigenvalue weighted by molar-refractivity contribution is 0.0766. The molecule has 0 fully saturated rings. The minimum Gasteiger partial charge on any atom is -0.333 e. The summed E-state index contributed by atoms with van der Waals surface area (Å²) in [7, 11) is 0. The van der Waals surface area contributed by atoms with Crippen molar-refractivity contribution in [1.29, 1.82) is 0 Å². The van der Waals surface area contributed by atoms with Gasteiger partial charge >= 0.3 is 0 Å². The molecular formula is C27H29N3O. The zero-order chi connectivity index (χ0) is 21.2. The molecule has 5 rings (SSSR count). The summed E-state index contributed by atoms with van der Waals surface area (Å²) in [4.78, 5) is 20.4. The van der Waals surface area contributed by atoms with Gasteiger partial charge in [-0.05, 0) is 43.7 Å². The van der Waals surface area contributed by atoms with Crippen molar-refractivity contribution in [2.24, 2.45) is 0 Å². The van der Waals surface area contributed by atoms with Gasteiger partial charge in [0.25, 0.3) is 5.91 Å². The first-order valence-corrected chi connectivity index (χ1v) is 11.4. The number of hydrogen-bond donors (Lipinski definition) is 0. The fraction of sp³-hybridized carbons (Fsp3) is 0.333. The second-order valence-corrected chi connectivity index (χ2v) is 8.66. The van der Waals surface area contributed by atoms with Crippen LogP contribution in [-0.4, -0.2) is 33.4 Å². The maximum absolute atomic E-state index is 13.5. The van der Waals surface area contributed by atoms with Crippen LogP contribution in [0.15, 0.2) is 60.7 Å². The normalized spacial score (nSPS) is 16.4. The molecule has 4 heteroatoms. The number of aryl methyl sites for hydroxylation is 1. The van der Waals surface area contributed by atoms with E-state index in [4.69, 9.17) is 4.98 Å². The Hall–Kier alpha value is -3.14. The monoisotopic (exact) mass is 411 g/mol. The number of fused-ring (bicyclic) bond motifs is 1. The Morgan fingerprint density at radius 3 is 2.42 bits per heavy atom. The van der Waals surface area contributed by atoms with Gasteiger partial charge in [-0.15, -0.1) is 0 Å². The van der Waals surface area contributed by atoms with Crippen molar-refractivity contribution in [3.63, 3.8) is 0 Å². The van der Waals surface area contributed by atoms with E-state index in [9.17, 15) is 4.79 Å². The van der Waals surface area contributed by atoms with Gasteiger partial charge in [0.2, 0.25) is 0 Å². The maximum atomic E-state index is 13.5. The van der Waals surface area contributed by atoms with Gasteiger partial charge < -0.3 is 9.47 Å². The van der Waals surface area contributed by atoms with Gasteiger partial charge in [-0.2, -0.15) is 0 Å². The summed E-state index contributed by atoms with van der Waals surface area (Å²) in [6, 6.07) is 19.0. The Kier molecular flexibility index (Phi) is 5.46. The van der Waals surface area contributed by atoms with Gasteiger partial charge in [-0.1, -0.05) is 72.7 Å². The highest BCUT2D eigenvalue weighted by atomic mass is 16.2. The van der Waals surface area contributed by atoms with Crippen LogP contribution < -0.4 is 0 Å². The Balaban J connectivity index is 1.45. The number of benzene rings is 2. The number of hydrogen-bond acceptors (Lipinski definition) is 2. The highest BCUT2D eigenvalue weighted by molar-refractivity contribution is 5.95. The second-order valence-electron chi connectivity index (χ2n) is 8.66. The summed E-state index contributed by atoms with van der Waals surface area (Å²) in [5.41, 5.74) is 6.69.